The van der Waals surface area contributed by atoms with Crippen molar-refractivity contribution < 1.29 is 9.53 Å². The van der Waals surface area contributed by atoms with Crippen molar-refractivity contribution in [1.29, 1.82) is 0 Å². The SMILES string of the molecule is Cn1ccc2cc([C@H]3C[C@@H]4CN(C(=O)OCc5ccccc5)C[C@@H]43)ccc21. The average molecular weight is 360 g/mol. The smallest absolute Gasteiger partial charge is 0.410 e. The van der Waals surface area contributed by atoms with Gasteiger partial charge in [0.1, 0.15) is 6.61 Å². The van der Waals surface area contributed by atoms with Gasteiger partial charge in [-0.05, 0) is 58.9 Å². The van der Waals surface area contributed by atoms with Gasteiger partial charge in [-0.3, -0.25) is 0 Å². The third-order valence-electron chi connectivity index (χ3n) is 6.37. The van der Waals surface area contributed by atoms with Crippen LogP contribution in [0.1, 0.15) is 23.5 Å². The molecule has 138 valence electrons. The third kappa shape index (κ3) is 2.89. The second-order valence-corrected chi connectivity index (χ2v) is 7.96. The molecule has 0 spiro atoms. The summed E-state index contributed by atoms with van der Waals surface area (Å²) in [6, 6.07) is 18.9. The van der Waals surface area contributed by atoms with Crippen LogP contribution >= 0.6 is 0 Å². The Morgan fingerprint density at radius 3 is 2.81 bits per heavy atom. The van der Waals surface area contributed by atoms with E-state index in [1.165, 1.54) is 22.9 Å². The Morgan fingerprint density at radius 2 is 1.96 bits per heavy atom. The lowest BCUT2D eigenvalue weighted by molar-refractivity contribution is 0.103. The molecule has 0 unspecified atom stereocenters. The first kappa shape index (κ1) is 16.4. The molecule has 1 aromatic heterocycles. The molecule has 2 aliphatic rings. The third-order valence-corrected chi connectivity index (χ3v) is 6.37. The molecule has 0 radical (unpaired) electrons. The Kier molecular flexibility index (Phi) is 3.92. The highest BCUT2D eigenvalue weighted by Crippen LogP contribution is 2.51. The van der Waals surface area contributed by atoms with Crippen molar-refractivity contribution in [2.24, 2.45) is 18.9 Å². The molecule has 2 heterocycles. The molecule has 2 aromatic carbocycles. The van der Waals surface area contributed by atoms with Gasteiger partial charge >= 0.3 is 6.09 Å². The maximum atomic E-state index is 12.5. The van der Waals surface area contributed by atoms with Gasteiger partial charge in [0.25, 0.3) is 0 Å². The summed E-state index contributed by atoms with van der Waals surface area (Å²) in [5.41, 5.74) is 3.71. The Bertz CT molecular complexity index is 978. The van der Waals surface area contributed by atoms with E-state index >= 15 is 0 Å². The molecule has 1 aliphatic carbocycles. The number of carbonyl (C=O) groups is 1. The highest BCUT2D eigenvalue weighted by molar-refractivity contribution is 5.81. The highest BCUT2D eigenvalue weighted by atomic mass is 16.6. The molecule has 4 nitrogen and oxygen atoms in total. The largest absolute Gasteiger partial charge is 0.445 e. The minimum atomic E-state index is -0.175. The summed E-state index contributed by atoms with van der Waals surface area (Å²) in [5, 5.41) is 1.30. The van der Waals surface area contributed by atoms with Gasteiger partial charge in [0.2, 0.25) is 0 Å². The second-order valence-electron chi connectivity index (χ2n) is 7.96. The van der Waals surface area contributed by atoms with Crippen LogP contribution in [0, 0.1) is 11.8 Å². The lowest BCUT2D eigenvalue weighted by Gasteiger charge is -2.39. The number of hydrogen-bond donors (Lipinski definition) is 0. The van der Waals surface area contributed by atoms with Crippen LogP contribution in [0.5, 0.6) is 0 Å². The van der Waals surface area contributed by atoms with Crippen molar-refractivity contribution in [2.75, 3.05) is 13.1 Å². The first-order valence-electron chi connectivity index (χ1n) is 9.69. The van der Waals surface area contributed by atoms with Crippen LogP contribution < -0.4 is 0 Å². The van der Waals surface area contributed by atoms with Crippen molar-refractivity contribution in [3.05, 3.63) is 71.9 Å². The Balaban J connectivity index is 1.23. The van der Waals surface area contributed by atoms with Crippen molar-refractivity contribution >= 4 is 17.0 Å². The fourth-order valence-electron chi connectivity index (χ4n) is 4.78. The molecular formula is C23H24N2O2. The van der Waals surface area contributed by atoms with Crippen LogP contribution in [-0.4, -0.2) is 28.6 Å². The fourth-order valence-corrected chi connectivity index (χ4v) is 4.78. The number of hydrogen-bond acceptors (Lipinski definition) is 2. The topological polar surface area (TPSA) is 34.5 Å². The summed E-state index contributed by atoms with van der Waals surface area (Å²) in [7, 11) is 2.08. The number of nitrogens with zero attached hydrogens (tertiary/aromatic N) is 2. The average Bonchev–Trinajstić information content (AvgIpc) is 3.21. The summed E-state index contributed by atoms with van der Waals surface area (Å²) in [6.45, 7) is 2.00. The van der Waals surface area contributed by atoms with Gasteiger partial charge in [-0.25, -0.2) is 4.79 Å². The molecule has 0 bridgehead atoms. The van der Waals surface area contributed by atoms with Crippen LogP contribution in [0.3, 0.4) is 0 Å². The van der Waals surface area contributed by atoms with Gasteiger partial charge in [0, 0.05) is 31.9 Å². The predicted molar refractivity (Wildman–Crippen MR) is 105 cm³/mol. The molecule has 1 saturated carbocycles. The summed E-state index contributed by atoms with van der Waals surface area (Å²) in [4.78, 5) is 14.4. The molecule has 1 saturated heterocycles. The minimum Gasteiger partial charge on any atom is -0.445 e. The zero-order chi connectivity index (χ0) is 18.4. The summed E-state index contributed by atoms with van der Waals surface area (Å²) >= 11 is 0. The number of aryl methyl sites for hydroxylation is 1. The monoisotopic (exact) mass is 360 g/mol. The van der Waals surface area contributed by atoms with Crippen LogP contribution in [0.25, 0.3) is 10.9 Å². The number of likely N-dealkylation sites (tertiary alicyclic amines) is 1. The number of aromatic nitrogens is 1. The lowest BCUT2D eigenvalue weighted by atomic mass is 9.64. The van der Waals surface area contributed by atoms with Crippen molar-refractivity contribution in [1.82, 2.24) is 9.47 Å². The molecule has 27 heavy (non-hydrogen) atoms. The maximum absolute atomic E-state index is 12.5. The van der Waals surface area contributed by atoms with E-state index in [1.54, 1.807) is 0 Å². The van der Waals surface area contributed by atoms with Gasteiger partial charge in [0.15, 0.2) is 0 Å². The van der Waals surface area contributed by atoms with E-state index in [1.807, 2.05) is 35.2 Å². The van der Waals surface area contributed by atoms with Crippen molar-refractivity contribution in [3.63, 3.8) is 0 Å². The Morgan fingerprint density at radius 1 is 1.11 bits per heavy atom. The zero-order valence-electron chi connectivity index (χ0n) is 15.5. The minimum absolute atomic E-state index is 0.175. The molecule has 5 rings (SSSR count). The molecular weight excluding hydrogens is 336 g/mol. The first-order valence-corrected chi connectivity index (χ1v) is 9.69. The van der Waals surface area contributed by atoms with E-state index in [-0.39, 0.29) is 6.09 Å². The molecule has 3 atom stereocenters. The quantitative estimate of drug-likeness (QED) is 0.687. The zero-order valence-corrected chi connectivity index (χ0v) is 15.5. The number of benzene rings is 2. The summed E-state index contributed by atoms with van der Waals surface area (Å²) in [6.07, 6.45) is 3.11. The maximum Gasteiger partial charge on any atom is 0.410 e. The molecule has 2 fully saturated rings. The standard InChI is InChI=1S/C23H24N2O2/c1-24-10-9-18-11-17(7-8-22(18)24)20-12-19-13-25(14-21(19)20)23(26)27-15-16-5-3-2-4-6-16/h2-11,19-21H,12-15H2,1H3/t19-,20-,21+/m1/s1. The van der Waals surface area contributed by atoms with Crippen molar-refractivity contribution in [2.45, 2.75) is 18.9 Å². The number of rotatable bonds is 3. The van der Waals surface area contributed by atoms with E-state index in [2.05, 4.69) is 42.1 Å². The number of ether oxygens (including phenoxy) is 1. The van der Waals surface area contributed by atoms with Gasteiger partial charge in [-0.2, -0.15) is 0 Å². The molecule has 1 amide bonds. The normalized spacial score (nSPS) is 23.9. The predicted octanol–water partition coefficient (Wildman–Crippen LogP) is 4.55. The summed E-state index contributed by atoms with van der Waals surface area (Å²) < 4.78 is 7.68. The van der Waals surface area contributed by atoms with Crippen LogP contribution in [0.15, 0.2) is 60.8 Å². The highest BCUT2D eigenvalue weighted by Gasteiger charge is 2.49. The fraction of sp³-hybridized carbons (Fsp3) is 0.348. The van der Waals surface area contributed by atoms with E-state index in [0.29, 0.717) is 24.4 Å². The molecule has 3 aromatic rings. The Labute approximate surface area is 159 Å². The van der Waals surface area contributed by atoms with Crippen molar-refractivity contribution in [3.8, 4) is 0 Å². The van der Waals surface area contributed by atoms with Gasteiger partial charge in [-0.1, -0.05) is 36.4 Å². The molecule has 0 N–H and O–H groups in total. The first-order chi connectivity index (χ1) is 13.2. The van der Waals surface area contributed by atoms with Crippen LogP contribution in [0.2, 0.25) is 0 Å². The van der Waals surface area contributed by atoms with Gasteiger partial charge in [-0.15, -0.1) is 0 Å². The molecule has 1 aliphatic heterocycles. The van der Waals surface area contributed by atoms with Crippen LogP contribution in [-0.2, 0) is 18.4 Å². The Hall–Kier alpha value is -2.75. The number of carbonyl (C=O) groups excluding carboxylic acids is 1. The number of fused-ring (bicyclic) bond motifs is 2. The molecule has 4 heteroatoms. The van der Waals surface area contributed by atoms with E-state index < -0.39 is 0 Å². The summed E-state index contributed by atoms with van der Waals surface area (Å²) in [5.74, 6) is 1.74. The number of amides is 1. The van der Waals surface area contributed by atoms with E-state index in [9.17, 15) is 4.79 Å². The van der Waals surface area contributed by atoms with Gasteiger partial charge < -0.3 is 14.2 Å². The second kappa shape index (κ2) is 6.45. The van der Waals surface area contributed by atoms with E-state index in [0.717, 1.165) is 18.7 Å². The van der Waals surface area contributed by atoms with Crippen LogP contribution in [0.4, 0.5) is 4.79 Å². The van der Waals surface area contributed by atoms with E-state index in [4.69, 9.17) is 4.74 Å². The lowest BCUT2D eigenvalue weighted by Crippen LogP contribution is -2.33. The van der Waals surface area contributed by atoms with Gasteiger partial charge in [0.05, 0.1) is 0 Å².